The molecule has 0 atom stereocenters. The fraction of sp³-hybridized carbons (Fsp3) is 0.226. The highest BCUT2D eigenvalue weighted by molar-refractivity contribution is 6.01. The number of carbonyl (C=O) groups is 2. The number of fused-ring (bicyclic) bond motifs is 1. The van der Waals surface area contributed by atoms with Gasteiger partial charge in [-0.15, -0.1) is 0 Å². The summed E-state index contributed by atoms with van der Waals surface area (Å²) in [5.74, 6) is 0.256. The number of furan rings is 1. The molecule has 1 saturated heterocycles. The Morgan fingerprint density at radius 2 is 1.41 bits per heavy atom. The number of nitrogens with zero attached hydrogens (tertiary/aromatic N) is 3. The van der Waals surface area contributed by atoms with Gasteiger partial charge in [-0.1, -0.05) is 78.9 Å². The van der Waals surface area contributed by atoms with E-state index in [1.807, 2.05) is 41.3 Å². The molecule has 0 aliphatic carbocycles. The molecule has 0 unspecified atom stereocenters. The first-order chi connectivity index (χ1) is 18.2. The van der Waals surface area contributed by atoms with E-state index < -0.39 is 0 Å². The molecule has 3 aromatic carbocycles. The molecule has 0 bridgehead atoms. The summed E-state index contributed by atoms with van der Waals surface area (Å²) in [4.78, 5) is 32.2. The Kier molecular flexibility index (Phi) is 6.33. The van der Waals surface area contributed by atoms with E-state index in [0.29, 0.717) is 31.8 Å². The molecule has 2 amide bonds. The van der Waals surface area contributed by atoms with Gasteiger partial charge in [0, 0.05) is 37.4 Å². The molecule has 6 heteroatoms. The van der Waals surface area contributed by atoms with Gasteiger partial charge < -0.3 is 14.2 Å². The Hall–Kier alpha value is -4.16. The monoisotopic (exact) mass is 491 g/mol. The summed E-state index contributed by atoms with van der Waals surface area (Å²) in [5, 5.41) is 0. The third kappa shape index (κ3) is 4.56. The van der Waals surface area contributed by atoms with Crippen molar-refractivity contribution in [3.8, 4) is 0 Å². The molecular weight excluding hydrogens is 462 g/mol. The van der Waals surface area contributed by atoms with Crippen molar-refractivity contribution in [2.24, 2.45) is 0 Å². The standard InChI is InChI=1S/C31H29N3O3/c35-28-21-25-13-7-8-14-27(25)34(28)22-26-15-20-37-30(26)31(36)33-18-16-32(17-19-33)29(23-9-3-1-4-10-23)24-11-5-2-6-12-24/h1-15,20,29H,16-19,21-22H2. The Morgan fingerprint density at radius 3 is 2.08 bits per heavy atom. The van der Waals surface area contributed by atoms with E-state index in [0.717, 1.165) is 29.9 Å². The van der Waals surface area contributed by atoms with Crippen molar-refractivity contribution in [2.75, 3.05) is 31.1 Å². The summed E-state index contributed by atoms with van der Waals surface area (Å²) in [6, 6.07) is 30.8. The number of amides is 2. The third-order valence-corrected chi connectivity index (χ3v) is 7.39. The van der Waals surface area contributed by atoms with Crippen LogP contribution in [-0.4, -0.2) is 47.8 Å². The summed E-state index contributed by atoms with van der Waals surface area (Å²) in [6.07, 6.45) is 1.94. The van der Waals surface area contributed by atoms with Crippen LogP contribution in [0, 0.1) is 0 Å². The van der Waals surface area contributed by atoms with Gasteiger partial charge in [0.25, 0.3) is 5.91 Å². The average molecular weight is 492 g/mol. The molecule has 0 saturated carbocycles. The van der Waals surface area contributed by atoms with Crippen LogP contribution in [0.2, 0.25) is 0 Å². The fourth-order valence-electron chi connectivity index (χ4n) is 5.52. The number of rotatable bonds is 6. The Bertz CT molecular complexity index is 1350. The van der Waals surface area contributed by atoms with Crippen LogP contribution in [0.15, 0.2) is 102 Å². The molecule has 0 N–H and O–H groups in total. The van der Waals surface area contributed by atoms with E-state index in [1.165, 1.54) is 11.1 Å². The molecule has 0 spiro atoms. The fourth-order valence-corrected chi connectivity index (χ4v) is 5.52. The van der Waals surface area contributed by atoms with Crippen molar-refractivity contribution in [3.63, 3.8) is 0 Å². The summed E-state index contributed by atoms with van der Waals surface area (Å²) in [5.41, 5.74) is 5.17. The topological polar surface area (TPSA) is 57.0 Å². The maximum absolute atomic E-state index is 13.5. The van der Waals surface area contributed by atoms with E-state index in [1.54, 1.807) is 17.2 Å². The second-order valence-electron chi connectivity index (χ2n) is 9.61. The normalized spacial score (nSPS) is 15.9. The molecule has 2 aliphatic heterocycles. The minimum Gasteiger partial charge on any atom is -0.459 e. The average Bonchev–Trinajstić information content (AvgIpc) is 3.54. The number of anilines is 1. The number of piperazine rings is 1. The molecule has 3 heterocycles. The van der Waals surface area contributed by atoms with E-state index in [-0.39, 0.29) is 17.9 Å². The lowest BCUT2D eigenvalue weighted by Crippen LogP contribution is -2.50. The van der Waals surface area contributed by atoms with Crippen LogP contribution in [0.4, 0.5) is 5.69 Å². The number of para-hydroxylation sites is 1. The first-order valence-electron chi connectivity index (χ1n) is 12.8. The van der Waals surface area contributed by atoms with Gasteiger partial charge in [0.2, 0.25) is 5.91 Å². The second kappa shape index (κ2) is 10.1. The van der Waals surface area contributed by atoms with Crippen LogP contribution in [0.5, 0.6) is 0 Å². The second-order valence-corrected chi connectivity index (χ2v) is 9.61. The molecule has 0 radical (unpaired) electrons. The highest BCUT2D eigenvalue weighted by Crippen LogP contribution is 2.32. The zero-order valence-electron chi connectivity index (χ0n) is 20.6. The Balaban J connectivity index is 1.17. The van der Waals surface area contributed by atoms with Gasteiger partial charge in [-0.05, 0) is 28.8 Å². The van der Waals surface area contributed by atoms with Gasteiger partial charge in [0.15, 0.2) is 5.76 Å². The van der Waals surface area contributed by atoms with Gasteiger partial charge >= 0.3 is 0 Å². The van der Waals surface area contributed by atoms with Crippen LogP contribution >= 0.6 is 0 Å². The van der Waals surface area contributed by atoms with Crippen molar-refractivity contribution in [2.45, 2.75) is 19.0 Å². The van der Waals surface area contributed by atoms with Crippen molar-refractivity contribution in [1.29, 1.82) is 0 Å². The molecule has 1 aromatic heterocycles. The highest BCUT2D eigenvalue weighted by Gasteiger charge is 2.32. The molecule has 1 fully saturated rings. The van der Waals surface area contributed by atoms with Crippen LogP contribution in [0.3, 0.4) is 0 Å². The van der Waals surface area contributed by atoms with Gasteiger partial charge in [-0.2, -0.15) is 0 Å². The van der Waals surface area contributed by atoms with E-state index in [4.69, 9.17) is 4.42 Å². The summed E-state index contributed by atoms with van der Waals surface area (Å²) in [7, 11) is 0. The number of benzene rings is 3. The number of hydrogen-bond donors (Lipinski definition) is 0. The van der Waals surface area contributed by atoms with Crippen molar-refractivity contribution in [1.82, 2.24) is 9.80 Å². The van der Waals surface area contributed by atoms with Crippen LogP contribution in [-0.2, 0) is 17.8 Å². The number of carbonyl (C=O) groups excluding carboxylic acids is 2. The van der Waals surface area contributed by atoms with Crippen molar-refractivity contribution in [3.05, 3.63) is 125 Å². The molecule has 186 valence electrons. The zero-order chi connectivity index (χ0) is 25.2. The van der Waals surface area contributed by atoms with Crippen molar-refractivity contribution < 1.29 is 14.0 Å². The minimum atomic E-state index is -0.115. The van der Waals surface area contributed by atoms with Crippen LogP contribution < -0.4 is 4.90 Å². The zero-order valence-corrected chi connectivity index (χ0v) is 20.6. The summed E-state index contributed by atoms with van der Waals surface area (Å²) >= 11 is 0. The first-order valence-corrected chi connectivity index (χ1v) is 12.8. The maximum Gasteiger partial charge on any atom is 0.290 e. The van der Waals surface area contributed by atoms with Crippen LogP contribution in [0.1, 0.15) is 38.9 Å². The maximum atomic E-state index is 13.5. The van der Waals surface area contributed by atoms with Crippen LogP contribution in [0.25, 0.3) is 0 Å². The van der Waals surface area contributed by atoms with Gasteiger partial charge in [-0.3, -0.25) is 14.5 Å². The van der Waals surface area contributed by atoms with E-state index >= 15 is 0 Å². The molecule has 4 aromatic rings. The SMILES string of the molecule is O=C(c1occc1CN1C(=O)Cc2ccccc21)N1CCN(C(c2ccccc2)c2ccccc2)CC1. The lowest BCUT2D eigenvalue weighted by molar-refractivity contribution is -0.117. The van der Waals surface area contributed by atoms with E-state index in [9.17, 15) is 9.59 Å². The van der Waals surface area contributed by atoms with Crippen molar-refractivity contribution >= 4 is 17.5 Å². The number of hydrogen-bond acceptors (Lipinski definition) is 4. The minimum absolute atomic E-state index is 0.0438. The smallest absolute Gasteiger partial charge is 0.290 e. The predicted octanol–water partition coefficient (Wildman–Crippen LogP) is 4.92. The Morgan fingerprint density at radius 1 is 0.784 bits per heavy atom. The molecular formula is C31H29N3O3. The summed E-state index contributed by atoms with van der Waals surface area (Å²) in [6.45, 7) is 3.07. The van der Waals surface area contributed by atoms with Gasteiger partial charge in [-0.25, -0.2) is 0 Å². The molecule has 2 aliphatic rings. The Labute approximate surface area is 216 Å². The third-order valence-electron chi connectivity index (χ3n) is 7.39. The lowest BCUT2D eigenvalue weighted by atomic mass is 9.96. The van der Waals surface area contributed by atoms with E-state index in [2.05, 4.69) is 53.4 Å². The molecule has 6 rings (SSSR count). The predicted molar refractivity (Wildman–Crippen MR) is 142 cm³/mol. The largest absolute Gasteiger partial charge is 0.459 e. The van der Waals surface area contributed by atoms with Gasteiger partial charge in [0.1, 0.15) is 0 Å². The lowest BCUT2D eigenvalue weighted by Gasteiger charge is -2.39. The van der Waals surface area contributed by atoms with Gasteiger partial charge in [0.05, 0.1) is 25.3 Å². The molecule has 37 heavy (non-hydrogen) atoms. The summed E-state index contributed by atoms with van der Waals surface area (Å²) < 4.78 is 5.68. The molecule has 6 nitrogen and oxygen atoms in total. The first kappa shape index (κ1) is 23.3. The highest BCUT2D eigenvalue weighted by atomic mass is 16.3. The quantitative estimate of drug-likeness (QED) is 0.384.